The molecule has 1 aliphatic heterocycles. The summed E-state index contributed by atoms with van der Waals surface area (Å²) in [5.41, 5.74) is 3.07. The molecule has 2 aromatic rings. The van der Waals surface area contributed by atoms with Gasteiger partial charge in [-0.25, -0.2) is 0 Å². The van der Waals surface area contributed by atoms with Gasteiger partial charge in [0, 0.05) is 6.54 Å². The van der Waals surface area contributed by atoms with Gasteiger partial charge in [0.25, 0.3) is 0 Å². The molecule has 0 aromatic heterocycles. The van der Waals surface area contributed by atoms with E-state index in [2.05, 4.69) is 23.2 Å². The summed E-state index contributed by atoms with van der Waals surface area (Å²) in [5.74, 6) is 1.57. The van der Waals surface area contributed by atoms with Crippen LogP contribution in [0.4, 0.5) is 5.69 Å². The van der Waals surface area contributed by atoms with Crippen molar-refractivity contribution >= 4 is 34.6 Å². The number of hydrogen-bond donors (Lipinski definition) is 1. The summed E-state index contributed by atoms with van der Waals surface area (Å²) in [5, 5.41) is 4.65. The van der Waals surface area contributed by atoms with Crippen LogP contribution in [0, 0.1) is 13.8 Å². The molecule has 0 bridgehead atoms. The zero-order valence-corrected chi connectivity index (χ0v) is 17.5. The first-order valence-corrected chi connectivity index (χ1v) is 9.97. The zero-order valence-electron chi connectivity index (χ0n) is 15.9. The van der Waals surface area contributed by atoms with Gasteiger partial charge >= 0.3 is 0 Å². The van der Waals surface area contributed by atoms with Crippen LogP contribution in [-0.4, -0.2) is 35.8 Å². The highest BCUT2D eigenvalue weighted by molar-refractivity contribution is 7.80. The third-order valence-corrected chi connectivity index (χ3v) is 5.09. The number of fused-ring (bicyclic) bond motifs is 1. The number of rotatable bonds is 5. The fraction of sp³-hybridized carbons (Fsp3) is 0.381. The Kier molecular flexibility index (Phi) is 6.45. The number of halogens is 1. The Morgan fingerprint density at radius 3 is 2.70 bits per heavy atom. The topological polar surface area (TPSA) is 33.7 Å². The van der Waals surface area contributed by atoms with Gasteiger partial charge in [-0.3, -0.25) is 0 Å². The van der Waals surface area contributed by atoms with E-state index in [1.165, 1.54) is 0 Å². The van der Waals surface area contributed by atoms with Crippen LogP contribution in [-0.2, 0) is 0 Å². The van der Waals surface area contributed by atoms with E-state index in [-0.39, 0.29) is 6.10 Å². The normalized spacial score (nSPS) is 15.3. The fourth-order valence-corrected chi connectivity index (χ4v) is 3.84. The lowest BCUT2D eigenvalue weighted by molar-refractivity contribution is 0.0746. The smallest absolute Gasteiger partial charge is 0.173 e. The number of thiocarbonyl (C=S) groups is 1. The molecule has 4 nitrogen and oxygen atoms in total. The molecule has 27 heavy (non-hydrogen) atoms. The average Bonchev–Trinajstić information content (AvgIpc) is 2.64. The van der Waals surface area contributed by atoms with E-state index in [1.807, 2.05) is 44.2 Å². The van der Waals surface area contributed by atoms with E-state index >= 15 is 0 Å². The summed E-state index contributed by atoms with van der Waals surface area (Å²) >= 11 is 12.1. The Hall–Kier alpha value is -1.98. The van der Waals surface area contributed by atoms with Gasteiger partial charge in [-0.15, -0.1) is 0 Å². The lowest BCUT2D eigenvalue weighted by Crippen LogP contribution is -2.45. The minimum absolute atomic E-state index is 0.0826. The quantitative estimate of drug-likeness (QED) is 0.692. The number of anilines is 1. The SMILES string of the molecule is CCCN(C[C@H]1COc2ccccc2O1)C(=S)Nc1c(C)cc(C)cc1Cl. The predicted molar refractivity (Wildman–Crippen MR) is 115 cm³/mol. The Bertz CT molecular complexity index is 805. The van der Waals surface area contributed by atoms with Gasteiger partial charge in [0.2, 0.25) is 0 Å². The Labute approximate surface area is 171 Å². The summed E-state index contributed by atoms with van der Waals surface area (Å²) < 4.78 is 11.9. The Balaban J connectivity index is 1.69. The molecule has 3 rings (SSSR count). The van der Waals surface area contributed by atoms with Crippen molar-refractivity contribution in [3.8, 4) is 11.5 Å². The first kappa shape index (κ1) is 19.8. The lowest BCUT2D eigenvalue weighted by Gasteiger charge is -2.33. The zero-order chi connectivity index (χ0) is 19.4. The summed E-state index contributed by atoms with van der Waals surface area (Å²) in [6.07, 6.45) is 0.896. The van der Waals surface area contributed by atoms with Crippen LogP contribution in [0.25, 0.3) is 0 Å². The first-order valence-electron chi connectivity index (χ1n) is 9.19. The van der Waals surface area contributed by atoms with Crippen molar-refractivity contribution in [2.24, 2.45) is 0 Å². The van der Waals surface area contributed by atoms with Crippen molar-refractivity contribution < 1.29 is 9.47 Å². The van der Waals surface area contributed by atoms with Crippen molar-refractivity contribution in [1.82, 2.24) is 4.90 Å². The van der Waals surface area contributed by atoms with Gasteiger partial charge < -0.3 is 19.7 Å². The van der Waals surface area contributed by atoms with Crippen molar-refractivity contribution in [2.45, 2.75) is 33.3 Å². The molecule has 0 saturated heterocycles. The second kappa shape index (κ2) is 8.81. The molecular formula is C21H25ClN2O2S. The molecule has 6 heteroatoms. The highest BCUT2D eigenvalue weighted by Crippen LogP contribution is 2.31. The van der Waals surface area contributed by atoms with E-state index in [0.29, 0.717) is 23.3 Å². The minimum atomic E-state index is -0.0826. The van der Waals surface area contributed by atoms with Gasteiger partial charge in [0.05, 0.1) is 17.3 Å². The van der Waals surface area contributed by atoms with Crippen LogP contribution in [0.3, 0.4) is 0 Å². The van der Waals surface area contributed by atoms with Crippen LogP contribution in [0.15, 0.2) is 36.4 Å². The minimum Gasteiger partial charge on any atom is -0.486 e. The molecule has 1 aliphatic rings. The number of nitrogens with zero attached hydrogens (tertiary/aromatic N) is 1. The standard InChI is InChI=1S/C21H25ClN2O2S/c1-4-9-24(12-16-13-25-18-7-5-6-8-19(18)26-16)21(27)23-20-15(3)10-14(2)11-17(20)22/h5-8,10-11,16H,4,9,12-13H2,1-3H3,(H,23,27)/t16-/m0/s1. The average molecular weight is 405 g/mol. The second-order valence-corrected chi connectivity index (χ2v) is 7.61. The van der Waals surface area contributed by atoms with Crippen LogP contribution < -0.4 is 14.8 Å². The predicted octanol–water partition coefficient (Wildman–Crippen LogP) is 5.21. The summed E-state index contributed by atoms with van der Waals surface area (Å²) in [6.45, 7) is 8.18. The summed E-state index contributed by atoms with van der Waals surface area (Å²) in [6, 6.07) is 11.8. The monoisotopic (exact) mass is 404 g/mol. The van der Waals surface area contributed by atoms with E-state index in [9.17, 15) is 0 Å². The molecule has 2 aromatic carbocycles. The molecule has 1 N–H and O–H groups in total. The number of aryl methyl sites for hydroxylation is 2. The van der Waals surface area contributed by atoms with Gasteiger partial charge in [-0.05, 0) is 61.8 Å². The Morgan fingerprint density at radius 2 is 2.00 bits per heavy atom. The summed E-state index contributed by atoms with van der Waals surface area (Å²) in [4.78, 5) is 2.12. The largest absolute Gasteiger partial charge is 0.486 e. The van der Waals surface area contributed by atoms with Crippen LogP contribution in [0.5, 0.6) is 11.5 Å². The van der Waals surface area contributed by atoms with Crippen molar-refractivity contribution in [1.29, 1.82) is 0 Å². The number of benzene rings is 2. The molecule has 0 saturated carbocycles. The van der Waals surface area contributed by atoms with Crippen molar-refractivity contribution in [2.75, 3.05) is 25.0 Å². The highest BCUT2D eigenvalue weighted by atomic mass is 35.5. The molecule has 1 atom stereocenters. The molecule has 1 heterocycles. The number of nitrogens with one attached hydrogen (secondary N) is 1. The summed E-state index contributed by atoms with van der Waals surface area (Å²) in [7, 11) is 0. The maximum atomic E-state index is 6.42. The van der Waals surface area contributed by atoms with Gasteiger partial charge in [-0.1, -0.05) is 36.7 Å². The Morgan fingerprint density at radius 1 is 1.26 bits per heavy atom. The highest BCUT2D eigenvalue weighted by Gasteiger charge is 2.24. The van der Waals surface area contributed by atoms with Crippen molar-refractivity contribution in [3.63, 3.8) is 0 Å². The fourth-order valence-electron chi connectivity index (χ4n) is 3.20. The van der Waals surface area contributed by atoms with Crippen LogP contribution in [0.1, 0.15) is 24.5 Å². The second-order valence-electron chi connectivity index (χ2n) is 6.81. The number of para-hydroxylation sites is 2. The molecule has 144 valence electrons. The van der Waals surface area contributed by atoms with Crippen molar-refractivity contribution in [3.05, 3.63) is 52.5 Å². The molecule has 0 amide bonds. The van der Waals surface area contributed by atoms with Gasteiger partial charge in [-0.2, -0.15) is 0 Å². The lowest BCUT2D eigenvalue weighted by atomic mass is 10.1. The van der Waals surface area contributed by atoms with E-state index in [1.54, 1.807) is 0 Å². The van der Waals surface area contributed by atoms with Crippen LogP contribution >= 0.6 is 23.8 Å². The number of hydrogen-bond acceptors (Lipinski definition) is 3. The molecule has 0 spiro atoms. The number of ether oxygens (including phenoxy) is 2. The molecule has 0 fully saturated rings. The first-order chi connectivity index (χ1) is 13.0. The van der Waals surface area contributed by atoms with E-state index < -0.39 is 0 Å². The molecule has 0 radical (unpaired) electrons. The third kappa shape index (κ3) is 4.85. The maximum Gasteiger partial charge on any atom is 0.173 e. The van der Waals surface area contributed by atoms with Crippen LogP contribution in [0.2, 0.25) is 5.02 Å². The van der Waals surface area contributed by atoms with Gasteiger partial charge in [0.15, 0.2) is 22.7 Å². The molecule has 0 unspecified atom stereocenters. The molecule has 0 aliphatic carbocycles. The third-order valence-electron chi connectivity index (χ3n) is 4.44. The van der Waals surface area contributed by atoms with E-state index in [0.717, 1.165) is 41.3 Å². The van der Waals surface area contributed by atoms with Gasteiger partial charge in [0.1, 0.15) is 6.61 Å². The maximum absolute atomic E-state index is 6.42. The van der Waals surface area contributed by atoms with E-state index in [4.69, 9.17) is 33.3 Å². The molecular weight excluding hydrogens is 380 g/mol.